The summed E-state index contributed by atoms with van der Waals surface area (Å²) in [6.07, 6.45) is 12.9. The van der Waals surface area contributed by atoms with E-state index in [2.05, 4.69) is 44.2 Å². The Morgan fingerprint density at radius 3 is 0.911 bits per heavy atom. The van der Waals surface area contributed by atoms with Crippen molar-refractivity contribution in [2.75, 3.05) is 105 Å². The lowest BCUT2D eigenvalue weighted by Crippen LogP contribution is -2.55. The minimum atomic E-state index is -4.62. The Morgan fingerprint density at radius 1 is 0.341 bits per heavy atom. The number of amides is 8. The first-order chi connectivity index (χ1) is 62.0. The largest absolute Gasteiger partial charge is 0.417 e. The maximum absolute atomic E-state index is 12.6. The van der Waals surface area contributed by atoms with Crippen LogP contribution in [0.4, 0.5) is 26.3 Å². The van der Waals surface area contributed by atoms with Crippen LogP contribution in [-0.2, 0) is 38.4 Å². The quantitative estimate of drug-likeness (QED) is 0.192. The van der Waals surface area contributed by atoms with Gasteiger partial charge in [-0.05, 0) is 188 Å². The van der Waals surface area contributed by atoms with Gasteiger partial charge in [-0.15, -0.1) is 0 Å². The number of hydrogen-bond donors (Lipinski definition) is 2. The number of alkyl halides is 6. The summed E-state index contributed by atoms with van der Waals surface area (Å²) in [5, 5.41) is 65.1. The molecule has 23 nitrogen and oxygen atoms in total. The number of halogens is 6. The van der Waals surface area contributed by atoms with Gasteiger partial charge in [-0.25, -0.2) is 0 Å². The average Bonchev–Trinajstić information content (AvgIpc) is 1.57. The molecule has 0 bridgehead atoms. The molecule has 0 radical (unpaired) electrons. The molecule has 0 spiro atoms. The van der Waals surface area contributed by atoms with E-state index in [-0.39, 0.29) is 134 Å². The molecule has 4 aliphatic carbocycles. The number of nitriles is 5. The fourth-order valence-electron chi connectivity index (χ4n) is 20.3. The summed E-state index contributed by atoms with van der Waals surface area (Å²) in [5.74, 6) is 3.73. The van der Waals surface area contributed by atoms with Gasteiger partial charge in [0.15, 0.2) is 5.60 Å². The zero-order valence-corrected chi connectivity index (χ0v) is 87.7. The van der Waals surface area contributed by atoms with Crippen molar-refractivity contribution in [2.45, 2.75) is 364 Å². The maximum atomic E-state index is 12.6. The first-order valence-electron chi connectivity index (χ1n) is 50.9. The van der Waals surface area contributed by atoms with Crippen molar-refractivity contribution in [3.63, 3.8) is 0 Å². The molecular formula is C106H175F6N13O10. The summed E-state index contributed by atoms with van der Waals surface area (Å²) < 4.78 is 75.4. The van der Waals surface area contributed by atoms with Crippen molar-refractivity contribution in [1.29, 1.82) is 26.3 Å². The zero-order chi connectivity index (χ0) is 103. The van der Waals surface area contributed by atoms with E-state index in [1.807, 2.05) is 154 Å². The SMILES string of the molecule is CC(C)(C)C(=O)N1CCC(C(C#N)C2CC2)CC1.CC(C)(C)C(=O)N1CCC(C2(C#N)CC2)CC1.CC(C)(C)C(=O)N1CCC(CC#N)CC1.CC(C)(C)C(=O)N1CCC(O)(C(F)(F)F)CC1.CC(C)(C)C(=O)N1CCC(O)(C2CC2)CC1.CC(C)(C)C(=O)N1CCC2C(C1)C2C(F)(F)F.CCC(C#N)C1CCN(C(=O)C(C)(C)C)CC1.CCCC(C#N)C1CCN(C(=O)C(C)(C)C)CC1. The number of rotatable bonds is 10. The minimum absolute atomic E-state index is 0.0170. The lowest BCUT2D eigenvalue weighted by Gasteiger charge is -2.40. The van der Waals surface area contributed by atoms with Crippen LogP contribution in [0.1, 0.15) is 341 Å². The van der Waals surface area contributed by atoms with Crippen molar-refractivity contribution in [2.24, 2.45) is 126 Å². The second-order valence-corrected chi connectivity index (χ2v) is 49.4. The molecule has 12 rings (SSSR count). The summed E-state index contributed by atoms with van der Waals surface area (Å²) in [7, 11) is 0. The van der Waals surface area contributed by atoms with Crippen LogP contribution in [0.15, 0.2) is 0 Å². The highest BCUT2D eigenvalue weighted by molar-refractivity contribution is 5.85. The second-order valence-electron chi connectivity index (χ2n) is 49.4. The highest BCUT2D eigenvalue weighted by Crippen LogP contribution is 2.60. The zero-order valence-electron chi connectivity index (χ0n) is 87.7. The van der Waals surface area contributed by atoms with E-state index < -0.39 is 53.1 Å². The Morgan fingerprint density at radius 2 is 0.637 bits per heavy atom. The molecule has 0 aromatic carbocycles. The maximum Gasteiger partial charge on any atom is 0.417 e. The van der Waals surface area contributed by atoms with Gasteiger partial charge in [0.05, 0.1) is 53.2 Å². The number of fused-ring (bicyclic) bond motifs is 1. The van der Waals surface area contributed by atoms with Crippen molar-refractivity contribution in [1.82, 2.24) is 39.2 Å². The first kappa shape index (κ1) is 118. The molecule has 6 atom stereocenters. The highest BCUT2D eigenvalue weighted by Gasteiger charge is 2.66. The summed E-state index contributed by atoms with van der Waals surface area (Å²) in [6, 6.07) is 12.0. The molecule has 6 unspecified atom stereocenters. The van der Waals surface area contributed by atoms with Crippen molar-refractivity contribution >= 4 is 47.3 Å². The molecule has 4 saturated carbocycles. The van der Waals surface area contributed by atoms with Crippen LogP contribution >= 0.6 is 0 Å². The van der Waals surface area contributed by atoms with Crippen LogP contribution in [0.25, 0.3) is 0 Å². The van der Waals surface area contributed by atoms with Crippen molar-refractivity contribution in [3.05, 3.63) is 0 Å². The summed E-state index contributed by atoms with van der Waals surface area (Å²) in [6.45, 7) is 60.5. The molecule has 8 saturated heterocycles. The molecule has 135 heavy (non-hydrogen) atoms. The fourth-order valence-corrected chi connectivity index (χ4v) is 20.3. The monoisotopic (exact) mass is 1900 g/mol. The molecular weight excluding hydrogens is 1730 g/mol. The van der Waals surface area contributed by atoms with E-state index in [1.165, 1.54) is 30.6 Å². The number of hydrogen-bond acceptors (Lipinski definition) is 15. The first-order valence-corrected chi connectivity index (χ1v) is 50.9. The fraction of sp³-hybridized carbons (Fsp3) is 0.877. The molecule has 8 heterocycles. The van der Waals surface area contributed by atoms with E-state index in [9.17, 15) is 90.7 Å². The van der Waals surface area contributed by atoms with Crippen molar-refractivity contribution < 1.29 is 74.9 Å². The van der Waals surface area contributed by atoms with Gasteiger partial charge in [-0.3, -0.25) is 38.4 Å². The average molecular weight is 1910 g/mol. The lowest BCUT2D eigenvalue weighted by atomic mass is 9.81. The van der Waals surface area contributed by atoms with Gasteiger partial charge in [0.2, 0.25) is 47.3 Å². The predicted octanol–water partition coefficient (Wildman–Crippen LogP) is 20.0. The second kappa shape index (κ2) is 48.3. The number of carbonyl (C=O) groups excluding carboxylic acids is 8. The smallest absolute Gasteiger partial charge is 0.389 e. The molecule has 8 amide bonds. The van der Waals surface area contributed by atoms with Crippen LogP contribution in [-0.4, -0.2) is 225 Å². The van der Waals surface area contributed by atoms with Crippen molar-refractivity contribution in [3.8, 4) is 30.3 Å². The predicted molar refractivity (Wildman–Crippen MR) is 513 cm³/mol. The van der Waals surface area contributed by atoms with Crippen LogP contribution in [0.5, 0.6) is 0 Å². The standard InChI is InChI=1S/C15H24N2O.C15H26N2O.C14H22N2O.C14H24N2O.C13H23NO2.C12H18F3NO.C12H20N2O.C11H18F3NO2/c1-15(2,3)14(18)17-8-6-12(7-9-17)13(10-16)11-4-5-11;1-5-6-13(11-16)12-7-9-17(10-8-12)14(18)15(2,3)4;1-13(2,3)12(17)16-8-4-11(5-9-16)14(10-15)6-7-14;1-5-11(10-15)12-6-8-16(9-7-12)13(17)14(2,3)4;1-12(2,3)11(15)14-8-6-13(16,7-9-14)10-4-5-10;1-11(2,3)10(17)16-5-4-7-8(6-16)9(7)12(13,14)15;1-12(2,3)11(15)14-8-5-10(4-7-13)6-9-14;1-9(2,3)8(16)15-6-4-10(17,5-7-15)11(12,13)14/h11-13H,4-9H2,1-3H3;12-13H,5-10H2,1-4H3;11H,4-9H2,1-3H3;11-12H,5-9H2,1-4H3;10,16H,4-9H2,1-3H3;7-9H,4-6H2,1-3H3;10H,4-6,8-9H2,1-3H3;17H,4-7H2,1-3H3. The van der Waals surface area contributed by atoms with Gasteiger partial charge in [-0.2, -0.15) is 52.7 Å². The van der Waals surface area contributed by atoms with Gasteiger partial charge < -0.3 is 49.4 Å². The normalized spacial score (nSPS) is 23.3. The van der Waals surface area contributed by atoms with E-state index in [4.69, 9.17) is 10.5 Å². The Hall–Kier alpha value is -7.29. The van der Waals surface area contributed by atoms with Gasteiger partial charge in [0.25, 0.3) is 0 Å². The summed E-state index contributed by atoms with van der Waals surface area (Å²) in [5.41, 5.74) is -5.93. The summed E-state index contributed by atoms with van der Waals surface area (Å²) in [4.78, 5) is 111. The summed E-state index contributed by atoms with van der Waals surface area (Å²) >= 11 is 0. The molecule has 29 heteroatoms. The number of piperidine rings is 8. The number of likely N-dealkylation sites (tertiary alicyclic amines) is 8. The molecule has 766 valence electrons. The van der Waals surface area contributed by atoms with Crippen LogP contribution in [0.2, 0.25) is 0 Å². The molecule has 8 aliphatic heterocycles. The highest BCUT2D eigenvalue weighted by atomic mass is 19.4. The third-order valence-electron chi connectivity index (χ3n) is 29.6. The van der Waals surface area contributed by atoms with Gasteiger partial charge in [0, 0.05) is 179 Å². The molecule has 12 aliphatic rings. The molecule has 0 aromatic rings. The molecule has 12 fully saturated rings. The number of nitrogens with zero attached hydrogens (tertiary/aromatic N) is 13. The third kappa shape index (κ3) is 35.2. The van der Waals surface area contributed by atoms with Gasteiger partial charge in [-0.1, -0.05) is 186 Å². The Bertz CT molecular complexity index is 4070. The minimum Gasteiger partial charge on any atom is -0.389 e. The lowest BCUT2D eigenvalue weighted by molar-refractivity contribution is -0.272. The third-order valence-corrected chi connectivity index (χ3v) is 29.6. The Balaban J connectivity index is 0.000000273. The Kier molecular flexibility index (Phi) is 42.2. The van der Waals surface area contributed by atoms with Crippen LogP contribution < -0.4 is 0 Å². The van der Waals surface area contributed by atoms with Crippen LogP contribution in [0.3, 0.4) is 0 Å². The number of carbonyl (C=O) groups is 8. The molecule has 2 N–H and O–H groups in total. The topological polar surface area (TPSA) is 322 Å². The number of aliphatic hydroxyl groups is 2. The van der Waals surface area contributed by atoms with Crippen LogP contribution in [0, 0.1) is 182 Å². The van der Waals surface area contributed by atoms with E-state index in [0.717, 1.165) is 188 Å². The van der Waals surface area contributed by atoms with E-state index in [1.54, 1.807) is 46.4 Å². The van der Waals surface area contributed by atoms with E-state index >= 15 is 0 Å². The van der Waals surface area contributed by atoms with Gasteiger partial charge in [0.1, 0.15) is 0 Å². The van der Waals surface area contributed by atoms with Gasteiger partial charge >= 0.3 is 12.4 Å². The van der Waals surface area contributed by atoms with E-state index in [0.29, 0.717) is 60.8 Å². The Labute approximate surface area is 808 Å². The molecule has 0 aromatic heterocycles.